The van der Waals surface area contributed by atoms with Gasteiger partial charge < -0.3 is 9.30 Å². The molecule has 2 aliphatic rings. The van der Waals surface area contributed by atoms with Crippen molar-refractivity contribution in [3.05, 3.63) is 70.9 Å². The first-order valence-corrected chi connectivity index (χ1v) is 14.1. The highest BCUT2D eigenvalue weighted by Gasteiger charge is 2.34. The second-order valence-corrected chi connectivity index (χ2v) is 11.7. The maximum absolute atomic E-state index is 13.7. The Balaban J connectivity index is 1.38. The number of Topliss-reactive ketones (excluding diaryl/α,β-unsaturated/α-hetero) is 1. The molecule has 1 atom stereocenters. The Bertz CT molecular complexity index is 1400. The number of esters is 1. The van der Waals surface area contributed by atoms with Gasteiger partial charge in [0.15, 0.2) is 5.78 Å². The van der Waals surface area contributed by atoms with Gasteiger partial charge in [-0.3, -0.25) is 9.69 Å². The number of para-hydroxylation sites is 1. The van der Waals surface area contributed by atoms with E-state index in [0.717, 1.165) is 40.6 Å². The van der Waals surface area contributed by atoms with Crippen LogP contribution in [0.1, 0.15) is 38.4 Å². The second-order valence-electron chi connectivity index (χ2n) is 9.68. The molecule has 1 aliphatic heterocycles. The zero-order valence-corrected chi connectivity index (χ0v) is 21.5. The predicted molar refractivity (Wildman–Crippen MR) is 138 cm³/mol. The average molecular weight is 510 g/mol. The molecule has 190 valence electrons. The highest BCUT2D eigenvalue weighted by molar-refractivity contribution is 7.88. The maximum Gasteiger partial charge on any atom is 0.337 e. The lowest BCUT2D eigenvalue weighted by Crippen LogP contribution is -2.50. The smallest absolute Gasteiger partial charge is 0.337 e. The third-order valence-electron chi connectivity index (χ3n) is 7.42. The van der Waals surface area contributed by atoms with E-state index in [4.69, 9.17) is 4.74 Å². The summed E-state index contributed by atoms with van der Waals surface area (Å²) in [6, 6.07) is 15.4. The number of methoxy groups -OCH3 is 1. The summed E-state index contributed by atoms with van der Waals surface area (Å²) in [6.45, 7) is 3.51. The van der Waals surface area contributed by atoms with E-state index >= 15 is 0 Å². The number of hydrogen-bond acceptors (Lipinski definition) is 6. The number of carbonyl (C=O) groups is 2. The monoisotopic (exact) mass is 509 g/mol. The van der Waals surface area contributed by atoms with Crippen molar-refractivity contribution in [3.8, 4) is 0 Å². The van der Waals surface area contributed by atoms with Crippen molar-refractivity contribution < 1.29 is 22.7 Å². The zero-order valence-electron chi connectivity index (χ0n) is 20.6. The van der Waals surface area contributed by atoms with Crippen LogP contribution in [-0.4, -0.2) is 80.0 Å². The Morgan fingerprint density at radius 2 is 1.72 bits per heavy atom. The van der Waals surface area contributed by atoms with E-state index in [1.54, 1.807) is 12.1 Å². The third kappa shape index (κ3) is 4.70. The van der Waals surface area contributed by atoms with Crippen LogP contribution in [0.5, 0.6) is 0 Å². The first-order chi connectivity index (χ1) is 17.3. The van der Waals surface area contributed by atoms with Gasteiger partial charge in [-0.15, -0.1) is 0 Å². The van der Waals surface area contributed by atoms with Crippen molar-refractivity contribution in [2.24, 2.45) is 5.92 Å². The SMILES string of the molecule is COC(=O)c1ccc(Cn2c3c(c4ccccc42)C(=O)C(CN2CCN(S(C)(=O)=O)CC2)CC3)cc1. The van der Waals surface area contributed by atoms with Crippen molar-refractivity contribution in [3.63, 3.8) is 0 Å². The lowest BCUT2D eigenvalue weighted by atomic mass is 9.84. The molecule has 8 nitrogen and oxygen atoms in total. The number of sulfonamides is 1. The van der Waals surface area contributed by atoms with Crippen molar-refractivity contribution in [1.29, 1.82) is 0 Å². The Labute approximate surface area is 211 Å². The molecule has 36 heavy (non-hydrogen) atoms. The van der Waals surface area contributed by atoms with Crippen LogP contribution >= 0.6 is 0 Å². The van der Waals surface area contributed by atoms with Crippen LogP contribution in [0.25, 0.3) is 10.9 Å². The molecule has 1 fully saturated rings. The topological polar surface area (TPSA) is 88.9 Å². The van der Waals surface area contributed by atoms with Gasteiger partial charge in [0.05, 0.1) is 18.9 Å². The summed E-state index contributed by atoms with van der Waals surface area (Å²) in [5.41, 5.74) is 4.48. The fourth-order valence-corrected chi connectivity index (χ4v) is 6.32. The summed E-state index contributed by atoms with van der Waals surface area (Å²) >= 11 is 0. The van der Waals surface area contributed by atoms with Crippen LogP contribution in [-0.2, 0) is 27.7 Å². The molecule has 5 rings (SSSR count). The number of nitrogens with zero attached hydrogens (tertiary/aromatic N) is 3. The van der Waals surface area contributed by atoms with Gasteiger partial charge in [-0.1, -0.05) is 30.3 Å². The summed E-state index contributed by atoms with van der Waals surface area (Å²) in [6.07, 6.45) is 2.83. The molecule has 1 saturated heterocycles. The lowest BCUT2D eigenvalue weighted by Gasteiger charge is -2.35. The van der Waals surface area contributed by atoms with E-state index in [0.29, 0.717) is 44.8 Å². The Hall–Kier alpha value is -3.01. The van der Waals surface area contributed by atoms with E-state index in [9.17, 15) is 18.0 Å². The number of fused-ring (bicyclic) bond motifs is 3. The van der Waals surface area contributed by atoms with Gasteiger partial charge in [0.1, 0.15) is 0 Å². The highest BCUT2D eigenvalue weighted by Crippen LogP contribution is 2.35. The molecule has 0 saturated carbocycles. The maximum atomic E-state index is 13.7. The standard InChI is InChI=1S/C27H31N3O5S/c1-35-27(32)20-9-7-19(8-10-20)17-30-23-6-4-3-5-22(23)25-24(30)12-11-21(26(25)31)18-28-13-15-29(16-14-28)36(2,33)34/h3-10,21H,11-18H2,1-2H3. The van der Waals surface area contributed by atoms with Gasteiger partial charge in [0.2, 0.25) is 10.0 Å². The van der Waals surface area contributed by atoms with Gasteiger partial charge in [-0.2, -0.15) is 4.31 Å². The average Bonchev–Trinajstić information content (AvgIpc) is 3.19. The van der Waals surface area contributed by atoms with Gasteiger partial charge in [-0.05, 0) is 36.6 Å². The summed E-state index contributed by atoms with van der Waals surface area (Å²) < 4.78 is 32.2. The quantitative estimate of drug-likeness (QED) is 0.475. The molecule has 1 aliphatic carbocycles. The summed E-state index contributed by atoms with van der Waals surface area (Å²) in [7, 11) is -1.81. The van der Waals surface area contributed by atoms with Crippen LogP contribution in [0.3, 0.4) is 0 Å². The predicted octanol–water partition coefficient (Wildman–Crippen LogP) is 2.80. The minimum absolute atomic E-state index is 0.0964. The van der Waals surface area contributed by atoms with Crippen LogP contribution in [0.4, 0.5) is 0 Å². The van der Waals surface area contributed by atoms with E-state index < -0.39 is 10.0 Å². The lowest BCUT2D eigenvalue weighted by molar-refractivity contribution is 0.0600. The molecule has 1 aromatic heterocycles. The molecular formula is C27H31N3O5S. The van der Waals surface area contributed by atoms with Crippen LogP contribution in [0.15, 0.2) is 48.5 Å². The highest BCUT2D eigenvalue weighted by atomic mass is 32.2. The third-order valence-corrected chi connectivity index (χ3v) is 8.72. The van der Waals surface area contributed by atoms with Gasteiger partial charge in [0, 0.05) is 67.3 Å². The fourth-order valence-electron chi connectivity index (χ4n) is 5.49. The molecular weight excluding hydrogens is 478 g/mol. The molecule has 0 N–H and O–H groups in total. The number of ketones is 1. The normalized spacial score (nSPS) is 19.4. The van der Waals surface area contributed by atoms with Crippen LogP contribution in [0, 0.1) is 5.92 Å². The Morgan fingerprint density at radius 1 is 1.03 bits per heavy atom. The van der Waals surface area contributed by atoms with E-state index in [1.165, 1.54) is 17.7 Å². The number of rotatable bonds is 6. The van der Waals surface area contributed by atoms with E-state index in [1.807, 2.05) is 30.3 Å². The molecule has 3 aromatic rings. The largest absolute Gasteiger partial charge is 0.465 e. The van der Waals surface area contributed by atoms with E-state index in [2.05, 4.69) is 15.5 Å². The van der Waals surface area contributed by atoms with E-state index in [-0.39, 0.29) is 17.7 Å². The number of hydrogen-bond donors (Lipinski definition) is 0. The van der Waals surface area contributed by atoms with Gasteiger partial charge >= 0.3 is 5.97 Å². The Morgan fingerprint density at radius 3 is 2.39 bits per heavy atom. The minimum Gasteiger partial charge on any atom is -0.465 e. The number of piperazine rings is 1. The van der Waals surface area contributed by atoms with Gasteiger partial charge in [-0.25, -0.2) is 13.2 Å². The van der Waals surface area contributed by atoms with Gasteiger partial charge in [0.25, 0.3) is 0 Å². The van der Waals surface area contributed by atoms with Crippen molar-refractivity contribution in [2.75, 3.05) is 46.1 Å². The molecule has 0 radical (unpaired) electrons. The first kappa shape index (κ1) is 24.7. The van der Waals surface area contributed by atoms with Crippen LogP contribution in [0.2, 0.25) is 0 Å². The number of benzene rings is 2. The molecule has 0 bridgehead atoms. The van der Waals surface area contributed by atoms with Crippen molar-refractivity contribution in [2.45, 2.75) is 19.4 Å². The molecule has 1 unspecified atom stereocenters. The minimum atomic E-state index is -3.17. The molecule has 2 heterocycles. The first-order valence-electron chi connectivity index (χ1n) is 12.3. The number of carbonyl (C=O) groups excluding carboxylic acids is 2. The van der Waals surface area contributed by atoms with Crippen LogP contribution < -0.4 is 0 Å². The number of aromatic nitrogens is 1. The van der Waals surface area contributed by atoms with Crippen molar-refractivity contribution in [1.82, 2.24) is 13.8 Å². The zero-order chi connectivity index (χ0) is 25.4. The summed E-state index contributed by atoms with van der Waals surface area (Å²) in [5, 5.41) is 0.982. The molecule has 0 amide bonds. The summed E-state index contributed by atoms with van der Waals surface area (Å²) in [5.74, 6) is -0.279. The second kappa shape index (κ2) is 9.80. The summed E-state index contributed by atoms with van der Waals surface area (Å²) in [4.78, 5) is 27.7. The Kier molecular flexibility index (Phi) is 6.72. The van der Waals surface area contributed by atoms with Crippen molar-refractivity contribution >= 4 is 32.7 Å². The molecule has 9 heteroatoms. The fraction of sp³-hybridized carbons (Fsp3) is 0.407. The number of ether oxygens (including phenoxy) is 1. The molecule has 0 spiro atoms. The molecule has 2 aromatic carbocycles.